The summed E-state index contributed by atoms with van der Waals surface area (Å²) < 4.78 is 4.77. The first-order valence-electron chi connectivity index (χ1n) is 17.0. The Bertz CT molecular complexity index is 1900. The van der Waals surface area contributed by atoms with Gasteiger partial charge in [0, 0.05) is 36.3 Å². The maximum Gasteiger partial charge on any atom is 0.407 e. The molecule has 0 spiro atoms. The Hall–Kier alpha value is -5.48. The lowest BCUT2D eigenvalue weighted by atomic mass is 10.0. The van der Waals surface area contributed by atoms with Crippen LogP contribution in [-0.2, 0) is 9.53 Å². The van der Waals surface area contributed by atoms with Crippen LogP contribution in [0.1, 0.15) is 87.2 Å². The van der Waals surface area contributed by atoms with Crippen molar-refractivity contribution in [2.24, 2.45) is 5.92 Å². The van der Waals surface area contributed by atoms with Gasteiger partial charge in [0.2, 0.25) is 5.91 Å². The van der Waals surface area contributed by atoms with Gasteiger partial charge < -0.3 is 29.8 Å². The number of para-hydroxylation sites is 1. The van der Waals surface area contributed by atoms with Crippen LogP contribution in [-0.4, -0.2) is 63.6 Å². The lowest BCUT2D eigenvalue weighted by molar-refractivity contribution is -0.135. The standard InChI is InChI=1S/C39H43N7O3/c1-26(2)35(44-39(48)49-4)38(47)46-22-12-19-33(46)37-41-25-32(43-37)29-21-20-27(34(23-29)45(3)31-17-6-5-7-18-31)13-10-11-16-30-24-40-36(42-30)28-14-8-9-15-28/h5-7,17-18,20-21,23-26,28,33,35H,8-9,12,14-15,19,22H2,1-4H3,(H,40,42)(H,41,43)(H,44,48)/t33-,35-/m0/s1. The molecule has 4 aromatic rings. The maximum atomic E-state index is 13.6. The number of alkyl carbamates (subject to hydrolysis) is 1. The van der Waals surface area contributed by atoms with Crippen LogP contribution in [0.2, 0.25) is 0 Å². The summed E-state index contributed by atoms with van der Waals surface area (Å²) in [5, 5.41) is 2.71. The quantitative estimate of drug-likeness (QED) is 0.182. The number of methoxy groups -OCH3 is 1. The molecule has 2 fully saturated rings. The van der Waals surface area contributed by atoms with Crippen molar-refractivity contribution in [3.8, 4) is 34.9 Å². The van der Waals surface area contributed by atoms with Gasteiger partial charge in [0.05, 0.1) is 36.9 Å². The average Bonchev–Trinajstić information content (AvgIpc) is 3.95. The van der Waals surface area contributed by atoms with Gasteiger partial charge in [-0.15, -0.1) is 0 Å². The molecule has 10 heteroatoms. The number of anilines is 2. The number of hydrogen-bond donors (Lipinski definition) is 3. The number of aromatic nitrogens is 4. The summed E-state index contributed by atoms with van der Waals surface area (Å²) in [7, 11) is 3.32. The van der Waals surface area contributed by atoms with Crippen molar-refractivity contribution in [2.45, 2.75) is 70.4 Å². The second-order valence-electron chi connectivity index (χ2n) is 13.0. The fraction of sp³-hybridized carbons (Fsp3) is 0.385. The highest BCUT2D eigenvalue weighted by atomic mass is 16.5. The number of aromatic amines is 2. The Balaban J connectivity index is 1.25. The molecule has 252 valence electrons. The summed E-state index contributed by atoms with van der Waals surface area (Å²) >= 11 is 0. The molecule has 2 aromatic heterocycles. The smallest absolute Gasteiger partial charge is 0.407 e. The Morgan fingerprint density at radius 2 is 1.71 bits per heavy atom. The molecule has 3 N–H and O–H groups in total. The lowest BCUT2D eigenvalue weighted by Crippen LogP contribution is -2.51. The van der Waals surface area contributed by atoms with E-state index in [9.17, 15) is 9.59 Å². The largest absolute Gasteiger partial charge is 0.453 e. The third-order valence-corrected chi connectivity index (χ3v) is 9.45. The summed E-state index contributed by atoms with van der Waals surface area (Å²) in [5.74, 6) is 14.5. The number of likely N-dealkylation sites (tertiary alicyclic amines) is 1. The fourth-order valence-electron chi connectivity index (χ4n) is 6.72. The van der Waals surface area contributed by atoms with Crippen LogP contribution in [0.5, 0.6) is 0 Å². The van der Waals surface area contributed by atoms with Crippen LogP contribution >= 0.6 is 0 Å². The number of H-pyrrole nitrogens is 2. The zero-order chi connectivity index (χ0) is 34.3. The van der Waals surface area contributed by atoms with Crippen molar-refractivity contribution >= 4 is 23.4 Å². The summed E-state index contributed by atoms with van der Waals surface area (Å²) in [5.41, 5.74) is 5.34. The summed E-state index contributed by atoms with van der Waals surface area (Å²) in [6, 6.07) is 15.3. The van der Waals surface area contributed by atoms with Gasteiger partial charge in [0.15, 0.2) is 0 Å². The molecule has 2 aromatic carbocycles. The van der Waals surface area contributed by atoms with E-state index in [2.05, 4.69) is 67.0 Å². The Labute approximate surface area is 288 Å². The number of amides is 2. The topological polar surface area (TPSA) is 119 Å². The molecule has 2 atom stereocenters. The van der Waals surface area contributed by atoms with Crippen LogP contribution < -0.4 is 10.2 Å². The maximum absolute atomic E-state index is 13.6. The highest BCUT2D eigenvalue weighted by Crippen LogP contribution is 2.35. The molecule has 49 heavy (non-hydrogen) atoms. The van der Waals surface area contributed by atoms with E-state index in [0.717, 1.165) is 52.6 Å². The van der Waals surface area contributed by atoms with Crippen molar-refractivity contribution in [1.82, 2.24) is 30.2 Å². The van der Waals surface area contributed by atoms with E-state index < -0.39 is 12.1 Å². The minimum Gasteiger partial charge on any atom is -0.453 e. The molecule has 0 bridgehead atoms. The molecular weight excluding hydrogens is 614 g/mol. The van der Waals surface area contributed by atoms with E-state index in [1.54, 1.807) is 6.20 Å². The highest BCUT2D eigenvalue weighted by Gasteiger charge is 2.37. The number of carbonyl (C=O) groups excluding carboxylic acids is 2. The number of benzene rings is 2. The Morgan fingerprint density at radius 3 is 2.47 bits per heavy atom. The van der Waals surface area contributed by atoms with E-state index in [-0.39, 0.29) is 17.9 Å². The predicted octanol–water partition coefficient (Wildman–Crippen LogP) is 6.67. The van der Waals surface area contributed by atoms with Crippen molar-refractivity contribution in [2.75, 3.05) is 25.6 Å². The zero-order valence-corrected chi connectivity index (χ0v) is 28.5. The SMILES string of the molecule is COC(=O)N[C@H](C(=O)N1CCC[C@H]1c1ncc(-c2ccc(C#CC#Cc3cnc(C4CCCC4)[nH]3)c(N(C)c3ccccc3)c2)[nH]1)C(C)C. The highest BCUT2D eigenvalue weighted by molar-refractivity contribution is 5.86. The minimum atomic E-state index is -0.689. The normalized spacial score (nSPS) is 16.4. The summed E-state index contributed by atoms with van der Waals surface area (Å²) in [6.07, 6.45) is 9.50. The molecule has 2 amide bonds. The summed E-state index contributed by atoms with van der Waals surface area (Å²) in [6.45, 7) is 4.41. The Morgan fingerprint density at radius 1 is 0.959 bits per heavy atom. The second-order valence-corrected chi connectivity index (χ2v) is 13.0. The van der Waals surface area contributed by atoms with Gasteiger partial charge in [0.1, 0.15) is 23.4 Å². The zero-order valence-electron chi connectivity index (χ0n) is 28.5. The van der Waals surface area contributed by atoms with Crippen molar-refractivity contribution < 1.29 is 14.3 Å². The lowest BCUT2D eigenvalue weighted by Gasteiger charge is -2.30. The van der Waals surface area contributed by atoms with Gasteiger partial charge in [-0.05, 0) is 73.6 Å². The second kappa shape index (κ2) is 15.2. The van der Waals surface area contributed by atoms with Gasteiger partial charge in [-0.2, -0.15) is 0 Å². The first-order valence-corrected chi connectivity index (χ1v) is 17.0. The first kappa shape index (κ1) is 33.4. The van der Waals surface area contributed by atoms with Gasteiger partial charge >= 0.3 is 6.09 Å². The fourth-order valence-corrected chi connectivity index (χ4v) is 6.72. The molecule has 6 rings (SSSR count). The molecule has 0 unspecified atom stereocenters. The van der Waals surface area contributed by atoms with Gasteiger partial charge in [-0.25, -0.2) is 14.8 Å². The molecule has 3 heterocycles. The van der Waals surface area contributed by atoms with Crippen LogP contribution in [0.3, 0.4) is 0 Å². The molecule has 0 radical (unpaired) electrons. The molecule has 10 nitrogen and oxygen atoms in total. The predicted molar refractivity (Wildman–Crippen MR) is 190 cm³/mol. The van der Waals surface area contributed by atoms with Crippen LogP contribution in [0, 0.1) is 29.6 Å². The van der Waals surface area contributed by atoms with Gasteiger partial charge in [0.25, 0.3) is 0 Å². The molecule has 1 saturated carbocycles. The first-order chi connectivity index (χ1) is 23.8. The van der Waals surface area contributed by atoms with E-state index in [0.29, 0.717) is 18.3 Å². The molecule has 1 aliphatic heterocycles. The van der Waals surface area contributed by atoms with E-state index in [1.807, 2.05) is 62.3 Å². The number of ether oxygens (including phenoxy) is 1. The Kier molecular flexibility index (Phi) is 10.3. The molecule has 1 aliphatic carbocycles. The third kappa shape index (κ3) is 7.65. The number of nitrogens with zero attached hydrogens (tertiary/aromatic N) is 4. The number of carbonyl (C=O) groups is 2. The van der Waals surface area contributed by atoms with E-state index >= 15 is 0 Å². The third-order valence-electron chi connectivity index (χ3n) is 9.45. The van der Waals surface area contributed by atoms with Crippen molar-refractivity contribution in [3.05, 3.63) is 83.8 Å². The van der Waals surface area contributed by atoms with Gasteiger partial charge in [-0.3, -0.25) is 4.79 Å². The minimum absolute atomic E-state index is 0.104. The number of imidazole rings is 2. The monoisotopic (exact) mass is 657 g/mol. The van der Waals surface area contributed by atoms with E-state index in [4.69, 9.17) is 9.72 Å². The van der Waals surface area contributed by atoms with Crippen LogP contribution in [0.4, 0.5) is 16.2 Å². The molecular formula is C39H43N7O3. The number of hydrogen-bond acceptors (Lipinski definition) is 6. The molecule has 2 aliphatic rings. The van der Waals surface area contributed by atoms with Crippen LogP contribution in [0.25, 0.3) is 11.3 Å². The summed E-state index contributed by atoms with van der Waals surface area (Å²) in [4.78, 5) is 45.7. The van der Waals surface area contributed by atoms with Gasteiger partial charge in [-0.1, -0.05) is 56.9 Å². The van der Waals surface area contributed by atoms with Crippen molar-refractivity contribution in [3.63, 3.8) is 0 Å². The average molecular weight is 658 g/mol. The van der Waals surface area contributed by atoms with E-state index in [1.165, 1.54) is 32.8 Å². The number of nitrogens with one attached hydrogen (secondary N) is 3. The van der Waals surface area contributed by atoms with Crippen molar-refractivity contribution in [1.29, 1.82) is 0 Å². The number of rotatable bonds is 8. The molecule has 1 saturated heterocycles. The van der Waals surface area contributed by atoms with Crippen LogP contribution in [0.15, 0.2) is 60.9 Å².